The van der Waals surface area contributed by atoms with E-state index in [9.17, 15) is 4.79 Å². The van der Waals surface area contributed by atoms with Crippen LogP contribution in [-0.2, 0) is 47.0 Å². The molecule has 0 aromatic carbocycles. The zero-order valence-corrected chi connectivity index (χ0v) is 15.5. The summed E-state index contributed by atoms with van der Waals surface area (Å²) in [6, 6.07) is 0. The standard InChI is InChI=1S/C13H16ClN3O3.Y/c1-8-10(20-13(2,3)19-8)6-9(18)7-17-12-11(14)15-4-5-16-12;/h4-6,8,10H,1,7H2,2-3H3,(H,16,17);/q-2;/t8-,10+;/m1./s1. The van der Waals surface area contributed by atoms with Crippen LogP contribution in [0.15, 0.2) is 12.4 Å². The Morgan fingerprint density at radius 2 is 2.14 bits per heavy atom. The van der Waals surface area contributed by atoms with Gasteiger partial charge in [-0.05, 0) is 20.0 Å². The molecule has 1 saturated heterocycles. The third kappa shape index (κ3) is 5.45. The monoisotopic (exact) mass is 386 g/mol. The number of Topliss-reactive ketones (excluding diaryl/α,β-unsaturated/α-hetero) is 1. The number of ether oxygens (including phenoxy) is 2. The topological polar surface area (TPSA) is 73.3 Å². The zero-order valence-electron chi connectivity index (χ0n) is 11.9. The molecule has 21 heavy (non-hydrogen) atoms. The minimum absolute atomic E-state index is 0. The van der Waals surface area contributed by atoms with Gasteiger partial charge in [-0.25, -0.2) is 9.97 Å². The van der Waals surface area contributed by atoms with E-state index in [1.54, 1.807) is 13.8 Å². The number of carbonyl (C=O) groups excluding carboxylic acids is 1. The normalized spacial score (nSPS) is 23.2. The molecular formula is C13H16ClN3O3Y-2. The first-order valence-electron chi connectivity index (χ1n) is 6.14. The Bertz CT molecular complexity index is 501. The zero-order chi connectivity index (χ0) is 14.8. The second-order valence-electron chi connectivity index (χ2n) is 4.82. The van der Waals surface area contributed by atoms with Gasteiger partial charge in [0.25, 0.3) is 0 Å². The summed E-state index contributed by atoms with van der Waals surface area (Å²) >= 11 is 5.83. The van der Waals surface area contributed by atoms with Crippen LogP contribution in [0.5, 0.6) is 0 Å². The molecule has 0 saturated carbocycles. The van der Waals surface area contributed by atoms with Crippen molar-refractivity contribution in [3.05, 3.63) is 30.9 Å². The molecule has 113 valence electrons. The molecule has 0 amide bonds. The van der Waals surface area contributed by atoms with Gasteiger partial charge in [0.05, 0.1) is 0 Å². The predicted octanol–water partition coefficient (Wildman–Crippen LogP) is 1.67. The molecular weight excluding hydrogens is 371 g/mol. The van der Waals surface area contributed by atoms with Crippen molar-refractivity contribution in [1.82, 2.24) is 9.97 Å². The Morgan fingerprint density at radius 1 is 1.48 bits per heavy atom. The van der Waals surface area contributed by atoms with Crippen LogP contribution in [0.4, 0.5) is 5.82 Å². The van der Waals surface area contributed by atoms with Crippen LogP contribution in [0.25, 0.3) is 0 Å². The first-order chi connectivity index (χ1) is 9.37. The maximum absolute atomic E-state index is 11.9. The van der Waals surface area contributed by atoms with Crippen molar-refractivity contribution in [1.29, 1.82) is 0 Å². The maximum Gasteiger partial charge on any atom is 0.171 e. The number of anilines is 1. The van der Waals surface area contributed by atoms with E-state index < -0.39 is 18.0 Å². The van der Waals surface area contributed by atoms with Gasteiger partial charge in [-0.3, -0.25) is 6.42 Å². The van der Waals surface area contributed by atoms with Crippen LogP contribution < -0.4 is 5.32 Å². The fraction of sp³-hybridized carbons (Fsp3) is 0.462. The average Bonchev–Trinajstić information content (AvgIpc) is 2.61. The number of carbonyl (C=O) groups is 1. The number of rotatable bonds is 5. The van der Waals surface area contributed by atoms with Crippen molar-refractivity contribution in [2.24, 2.45) is 0 Å². The summed E-state index contributed by atoms with van der Waals surface area (Å²) in [5, 5.41) is 3.04. The van der Waals surface area contributed by atoms with E-state index in [1.165, 1.54) is 18.8 Å². The fourth-order valence-corrected chi connectivity index (χ4v) is 2.03. The molecule has 0 spiro atoms. The molecule has 1 aliphatic heterocycles. The quantitative estimate of drug-likeness (QED) is 0.776. The van der Waals surface area contributed by atoms with Gasteiger partial charge < -0.3 is 26.5 Å². The molecule has 0 bridgehead atoms. The van der Waals surface area contributed by atoms with Crippen LogP contribution in [0.1, 0.15) is 13.8 Å². The van der Waals surface area contributed by atoms with E-state index in [1.807, 2.05) is 0 Å². The predicted molar refractivity (Wildman–Crippen MR) is 74.0 cm³/mol. The molecule has 0 aliphatic carbocycles. The number of nitrogens with zero attached hydrogens (tertiary/aromatic N) is 2. The second-order valence-corrected chi connectivity index (χ2v) is 5.18. The van der Waals surface area contributed by atoms with Crippen molar-refractivity contribution in [3.63, 3.8) is 0 Å². The molecule has 1 N–H and O–H groups in total. The molecule has 8 heteroatoms. The first kappa shape index (κ1) is 18.8. The number of ketones is 1. The molecule has 1 fully saturated rings. The number of hydrogen-bond donors (Lipinski definition) is 1. The minimum atomic E-state index is -0.727. The van der Waals surface area contributed by atoms with Crippen molar-refractivity contribution >= 4 is 23.2 Å². The molecule has 1 radical (unpaired) electrons. The van der Waals surface area contributed by atoms with E-state index in [0.29, 0.717) is 5.82 Å². The van der Waals surface area contributed by atoms with E-state index in [4.69, 9.17) is 21.1 Å². The van der Waals surface area contributed by atoms with Crippen LogP contribution in [-0.4, -0.2) is 40.3 Å². The Labute approximate surface area is 154 Å². The van der Waals surface area contributed by atoms with Crippen LogP contribution in [0, 0.1) is 13.3 Å². The Hall–Kier alpha value is -0.266. The Balaban J connectivity index is 0.00000220. The van der Waals surface area contributed by atoms with Gasteiger partial charge in [0.1, 0.15) is 0 Å². The molecule has 1 aromatic heterocycles. The van der Waals surface area contributed by atoms with E-state index in [-0.39, 0.29) is 50.2 Å². The second kappa shape index (κ2) is 7.83. The molecule has 1 aliphatic rings. The van der Waals surface area contributed by atoms with Crippen LogP contribution >= 0.6 is 11.6 Å². The van der Waals surface area contributed by atoms with Gasteiger partial charge in [0.2, 0.25) is 0 Å². The SMILES string of the molecule is [CH2-][C@H]1OC(C)(C)O[C@H]1[CH-]C(=O)CNc1nccnc1Cl.[Y]. The number of nitrogens with one attached hydrogen (secondary N) is 1. The average molecular weight is 387 g/mol. The van der Waals surface area contributed by atoms with Gasteiger partial charge in [0.15, 0.2) is 16.8 Å². The van der Waals surface area contributed by atoms with Gasteiger partial charge in [-0.2, -0.15) is 0 Å². The van der Waals surface area contributed by atoms with E-state index in [0.717, 1.165) is 0 Å². The third-order valence-corrected chi connectivity index (χ3v) is 2.93. The Kier molecular flexibility index (Phi) is 7.01. The maximum atomic E-state index is 11.9. The number of hydrogen-bond acceptors (Lipinski definition) is 6. The van der Waals surface area contributed by atoms with Gasteiger partial charge in [-0.1, -0.05) is 17.7 Å². The smallest absolute Gasteiger partial charge is 0.171 e. The summed E-state index contributed by atoms with van der Waals surface area (Å²) in [7, 11) is 0. The van der Waals surface area contributed by atoms with Crippen LogP contribution in [0.2, 0.25) is 5.15 Å². The van der Waals surface area contributed by atoms with Gasteiger partial charge in [-0.15, -0.1) is 0 Å². The number of aromatic nitrogens is 2. The molecule has 6 nitrogen and oxygen atoms in total. The van der Waals surface area contributed by atoms with Crippen LogP contribution in [0.3, 0.4) is 0 Å². The Morgan fingerprint density at radius 3 is 2.71 bits per heavy atom. The van der Waals surface area contributed by atoms with Gasteiger partial charge in [0, 0.05) is 57.4 Å². The van der Waals surface area contributed by atoms with Crippen molar-refractivity contribution in [2.45, 2.75) is 31.8 Å². The van der Waals surface area contributed by atoms with Crippen molar-refractivity contribution in [2.75, 3.05) is 11.9 Å². The molecule has 0 unspecified atom stereocenters. The van der Waals surface area contributed by atoms with Crippen molar-refractivity contribution in [3.8, 4) is 0 Å². The summed E-state index contributed by atoms with van der Waals surface area (Å²) in [6.45, 7) is 7.41. The molecule has 1 aromatic rings. The fourth-order valence-electron chi connectivity index (χ4n) is 1.86. The number of halogens is 1. The largest absolute Gasteiger partial charge is 0.380 e. The minimum Gasteiger partial charge on any atom is -0.380 e. The summed E-state index contributed by atoms with van der Waals surface area (Å²) in [6.07, 6.45) is 3.54. The summed E-state index contributed by atoms with van der Waals surface area (Å²) in [5.74, 6) is -0.520. The third-order valence-electron chi connectivity index (χ3n) is 2.66. The molecule has 2 heterocycles. The molecule has 2 rings (SSSR count). The molecule has 2 atom stereocenters. The van der Waals surface area contributed by atoms with Crippen molar-refractivity contribution < 1.29 is 47.0 Å². The summed E-state index contributed by atoms with van der Waals surface area (Å²) < 4.78 is 11.0. The van der Waals surface area contributed by atoms with E-state index in [2.05, 4.69) is 22.2 Å². The summed E-state index contributed by atoms with van der Waals surface area (Å²) in [5.41, 5.74) is 0. The first-order valence-corrected chi connectivity index (χ1v) is 6.52. The summed E-state index contributed by atoms with van der Waals surface area (Å²) in [4.78, 5) is 19.7. The van der Waals surface area contributed by atoms with Gasteiger partial charge >= 0.3 is 0 Å². The van der Waals surface area contributed by atoms with E-state index >= 15 is 0 Å².